The van der Waals surface area contributed by atoms with Gasteiger partial charge in [0.05, 0.1) is 18.3 Å². The molecule has 1 atom stereocenters. The first-order valence-electron chi connectivity index (χ1n) is 6.71. The van der Waals surface area contributed by atoms with Gasteiger partial charge in [-0.05, 0) is 37.6 Å². The third kappa shape index (κ3) is 1.65. The summed E-state index contributed by atoms with van der Waals surface area (Å²) in [5.74, 6) is 0.967. The van der Waals surface area contributed by atoms with Crippen LogP contribution in [0.25, 0.3) is 16.7 Å². The van der Waals surface area contributed by atoms with E-state index in [1.165, 1.54) is 5.56 Å². The summed E-state index contributed by atoms with van der Waals surface area (Å²) in [7, 11) is 0. The van der Waals surface area contributed by atoms with E-state index < -0.39 is 0 Å². The number of benzene rings is 1. The van der Waals surface area contributed by atoms with Gasteiger partial charge in [0.2, 0.25) is 0 Å². The Bertz CT molecular complexity index is 785. The highest BCUT2D eigenvalue weighted by Gasteiger charge is 2.40. The summed E-state index contributed by atoms with van der Waals surface area (Å²) in [5.41, 5.74) is 4.27. The van der Waals surface area contributed by atoms with Crippen LogP contribution in [-0.2, 0) is 10.3 Å². The van der Waals surface area contributed by atoms with Crippen LogP contribution in [0.2, 0.25) is 0 Å². The van der Waals surface area contributed by atoms with Crippen LogP contribution in [0.4, 0.5) is 0 Å². The fraction of sp³-hybridized carbons (Fsp3) is 0.250. The molecule has 1 aliphatic heterocycles. The predicted molar refractivity (Wildman–Crippen MR) is 76.9 cm³/mol. The SMILES string of the molecule is Cc1nc2cnccc2n1-c1ccc(C2(C)CO2)cc1. The lowest BCUT2D eigenvalue weighted by Gasteiger charge is -2.10. The van der Waals surface area contributed by atoms with Crippen LogP contribution in [0.1, 0.15) is 18.3 Å². The largest absolute Gasteiger partial charge is 0.365 e. The van der Waals surface area contributed by atoms with Crippen molar-refractivity contribution >= 4 is 11.0 Å². The zero-order chi connectivity index (χ0) is 13.7. The van der Waals surface area contributed by atoms with E-state index in [1.807, 2.05) is 13.0 Å². The van der Waals surface area contributed by atoms with Crippen LogP contribution in [-0.4, -0.2) is 21.1 Å². The van der Waals surface area contributed by atoms with Crippen molar-refractivity contribution in [3.05, 3.63) is 54.1 Å². The van der Waals surface area contributed by atoms with Crippen molar-refractivity contribution in [2.75, 3.05) is 6.61 Å². The van der Waals surface area contributed by atoms with E-state index in [1.54, 1.807) is 12.4 Å². The summed E-state index contributed by atoms with van der Waals surface area (Å²) in [6.45, 7) is 4.94. The molecule has 0 N–H and O–H groups in total. The Kier molecular flexibility index (Phi) is 2.26. The molecule has 3 aromatic rings. The molecule has 3 heterocycles. The molecule has 4 nitrogen and oxygen atoms in total. The van der Waals surface area contributed by atoms with E-state index in [4.69, 9.17) is 4.74 Å². The number of imidazole rings is 1. The number of hydrogen-bond acceptors (Lipinski definition) is 3. The normalized spacial score (nSPS) is 21.3. The summed E-state index contributed by atoms with van der Waals surface area (Å²) >= 11 is 0. The Balaban J connectivity index is 1.84. The molecule has 100 valence electrons. The molecule has 1 aromatic carbocycles. The van der Waals surface area contributed by atoms with Crippen LogP contribution in [0, 0.1) is 6.92 Å². The van der Waals surface area contributed by atoms with Gasteiger partial charge in [-0.15, -0.1) is 0 Å². The third-order valence-corrected chi connectivity index (χ3v) is 3.94. The molecule has 0 amide bonds. The zero-order valence-electron chi connectivity index (χ0n) is 11.5. The van der Waals surface area contributed by atoms with Gasteiger partial charge in [-0.1, -0.05) is 12.1 Å². The van der Waals surface area contributed by atoms with Gasteiger partial charge < -0.3 is 4.74 Å². The van der Waals surface area contributed by atoms with Gasteiger partial charge in [0.15, 0.2) is 0 Å². The van der Waals surface area contributed by atoms with Crippen molar-refractivity contribution in [2.24, 2.45) is 0 Å². The second-order valence-corrected chi connectivity index (χ2v) is 5.43. The second kappa shape index (κ2) is 3.90. The molecule has 2 aromatic heterocycles. The highest BCUT2D eigenvalue weighted by atomic mass is 16.6. The topological polar surface area (TPSA) is 43.2 Å². The molecular weight excluding hydrogens is 250 g/mol. The maximum atomic E-state index is 5.48. The minimum absolute atomic E-state index is 0.0749. The maximum Gasteiger partial charge on any atom is 0.114 e. The van der Waals surface area contributed by atoms with Crippen molar-refractivity contribution in [3.63, 3.8) is 0 Å². The van der Waals surface area contributed by atoms with Crippen molar-refractivity contribution in [3.8, 4) is 5.69 Å². The third-order valence-electron chi connectivity index (χ3n) is 3.94. The van der Waals surface area contributed by atoms with Crippen molar-refractivity contribution in [1.29, 1.82) is 0 Å². The fourth-order valence-corrected chi connectivity index (χ4v) is 2.62. The number of nitrogens with zero attached hydrogens (tertiary/aromatic N) is 3. The number of hydrogen-bond donors (Lipinski definition) is 0. The Morgan fingerprint density at radius 2 is 1.95 bits per heavy atom. The Labute approximate surface area is 117 Å². The van der Waals surface area contributed by atoms with Gasteiger partial charge in [0.25, 0.3) is 0 Å². The molecule has 20 heavy (non-hydrogen) atoms. The Morgan fingerprint density at radius 1 is 1.20 bits per heavy atom. The first-order chi connectivity index (χ1) is 9.67. The highest BCUT2D eigenvalue weighted by molar-refractivity contribution is 5.77. The number of ether oxygens (including phenoxy) is 1. The molecule has 0 aliphatic carbocycles. The fourth-order valence-electron chi connectivity index (χ4n) is 2.62. The van der Waals surface area contributed by atoms with E-state index in [9.17, 15) is 0 Å². The molecule has 4 rings (SSSR count). The molecular formula is C16H15N3O. The first-order valence-corrected chi connectivity index (χ1v) is 6.71. The van der Waals surface area contributed by atoms with Gasteiger partial charge in [-0.2, -0.15) is 0 Å². The van der Waals surface area contributed by atoms with Crippen molar-refractivity contribution in [2.45, 2.75) is 19.4 Å². The van der Waals surface area contributed by atoms with E-state index >= 15 is 0 Å². The lowest BCUT2D eigenvalue weighted by atomic mass is 10.0. The smallest absolute Gasteiger partial charge is 0.114 e. The van der Waals surface area contributed by atoms with Gasteiger partial charge in [-0.25, -0.2) is 4.98 Å². The van der Waals surface area contributed by atoms with Crippen LogP contribution in [0.3, 0.4) is 0 Å². The number of pyridine rings is 1. The molecule has 1 saturated heterocycles. The lowest BCUT2D eigenvalue weighted by molar-refractivity contribution is 0.329. The van der Waals surface area contributed by atoms with Crippen molar-refractivity contribution in [1.82, 2.24) is 14.5 Å². The van der Waals surface area contributed by atoms with E-state index in [0.29, 0.717) is 0 Å². The van der Waals surface area contributed by atoms with E-state index in [-0.39, 0.29) is 5.60 Å². The summed E-state index contributed by atoms with van der Waals surface area (Å²) in [6, 6.07) is 10.5. The quantitative estimate of drug-likeness (QED) is 0.669. The van der Waals surface area contributed by atoms with Crippen molar-refractivity contribution < 1.29 is 4.74 Å². The summed E-state index contributed by atoms with van der Waals surface area (Å²) in [5, 5.41) is 0. The number of aryl methyl sites for hydroxylation is 1. The van der Waals surface area contributed by atoms with E-state index in [2.05, 4.69) is 45.7 Å². The summed E-state index contributed by atoms with van der Waals surface area (Å²) < 4.78 is 7.63. The molecule has 0 bridgehead atoms. The molecule has 1 aliphatic rings. The van der Waals surface area contributed by atoms with Crippen LogP contribution < -0.4 is 0 Å². The second-order valence-electron chi connectivity index (χ2n) is 5.43. The predicted octanol–water partition coefficient (Wildman–Crippen LogP) is 2.97. The minimum atomic E-state index is -0.0749. The number of epoxide rings is 1. The highest BCUT2D eigenvalue weighted by Crippen LogP contribution is 2.38. The van der Waals surface area contributed by atoms with Crippen LogP contribution in [0.15, 0.2) is 42.7 Å². The average molecular weight is 265 g/mol. The zero-order valence-corrected chi connectivity index (χ0v) is 11.5. The number of fused-ring (bicyclic) bond motifs is 1. The van der Waals surface area contributed by atoms with Gasteiger partial charge in [0.1, 0.15) is 16.9 Å². The first kappa shape index (κ1) is 11.6. The average Bonchev–Trinajstić information content (AvgIpc) is 3.12. The standard InChI is InChI=1S/C16H15N3O/c1-11-18-14-9-17-8-7-15(14)19(11)13-5-3-12(4-6-13)16(2)10-20-16/h3-9H,10H2,1-2H3. The number of aromatic nitrogens is 3. The molecule has 0 radical (unpaired) electrons. The van der Waals surface area contributed by atoms with Crippen LogP contribution >= 0.6 is 0 Å². The van der Waals surface area contributed by atoms with Crippen LogP contribution in [0.5, 0.6) is 0 Å². The molecule has 1 fully saturated rings. The monoisotopic (exact) mass is 265 g/mol. The molecule has 1 unspecified atom stereocenters. The Hall–Kier alpha value is -2.20. The summed E-state index contributed by atoms with van der Waals surface area (Å²) in [6.07, 6.45) is 3.60. The molecule has 0 spiro atoms. The maximum absolute atomic E-state index is 5.48. The Morgan fingerprint density at radius 3 is 2.65 bits per heavy atom. The van der Waals surface area contributed by atoms with Gasteiger partial charge in [0, 0.05) is 11.9 Å². The lowest BCUT2D eigenvalue weighted by Crippen LogP contribution is -2.03. The van der Waals surface area contributed by atoms with Gasteiger partial charge >= 0.3 is 0 Å². The van der Waals surface area contributed by atoms with Gasteiger partial charge in [-0.3, -0.25) is 9.55 Å². The number of rotatable bonds is 2. The molecule has 4 heteroatoms. The summed E-state index contributed by atoms with van der Waals surface area (Å²) in [4.78, 5) is 8.67. The van der Waals surface area contributed by atoms with E-state index in [0.717, 1.165) is 29.2 Å². The minimum Gasteiger partial charge on any atom is -0.365 e. The molecule has 0 saturated carbocycles.